The van der Waals surface area contributed by atoms with Gasteiger partial charge in [0.2, 0.25) is 0 Å². The molecule has 7 nitrogen and oxygen atoms in total. The first-order valence-electron chi connectivity index (χ1n) is 5.89. The van der Waals surface area contributed by atoms with Crippen molar-refractivity contribution in [2.45, 2.75) is 25.9 Å². The molecule has 0 spiro atoms. The molecule has 106 valence electrons. The van der Waals surface area contributed by atoms with Gasteiger partial charge in [0, 0.05) is 11.1 Å². The largest absolute Gasteiger partial charge is 0.320 e. The highest BCUT2D eigenvalue weighted by molar-refractivity contribution is 6.30. The molecular formula is C12H14ClN5O2. The molecule has 2 rings (SSSR count). The van der Waals surface area contributed by atoms with Crippen LogP contribution in [0.15, 0.2) is 24.4 Å². The Balaban J connectivity index is 2.32. The average Bonchev–Trinajstić information content (AvgIpc) is 2.76. The van der Waals surface area contributed by atoms with Gasteiger partial charge in [0.1, 0.15) is 5.69 Å². The minimum Gasteiger partial charge on any atom is -0.320 e. The van der Waals surface area contributed by atoms with Gasteiger partial charge in [-0.25, -0.2) is 4.68 Å². The van der Waals surface area contributed by atoms with Crippen LogP contribution in [0.5, 0.6) is 0 Å². The Bertz CT molecular complexity index is 648. The quantitative estimate of drug-likeness (QED) is 0.687. The summed E-state index contributed by atoms with van der Waals surface area (Å²) in [6.45, 7) is 3.83. The van der Waals surface area contributed by atoms with E-state index in [9.17, 15) is 10.1 Å². The third-order valence-electron chi connectivity index (χ3n) is 2.77. The summed E-state index contributed by atoms with van der Waals surface area (Å²) >= 11 is 5.88. The van der Waals surface area contributed by atoms with Crippen LogP contribution < -0.4 is 5.73 Å². The van der Waals surface area contributed by atoms with Gasteiger partial charge < -0.3 is 5.73 Å². The fourth-order valence-corrected chi connectivity index (χ4v) is 1.90. The van der Waals surface area contributed by atoms with Crippen LogP contribution in [0.4, 0.5) is 5.69 Å². The van der Waals surface area contributed by atoms with Crippen molar-refractivity contribution in [1.29, 1.82) is 0 Å². The van der Waals surface area contributed by atoms with Gasteiger partial charge in [-0.15, -0.1) is 5.10 Å². The number of nitrogens with zero attached hydrogens (tertiary/aromatic N) is 4. The Kier molecular flexibility index (Phi) is 3.74. The molecule has 0 saturated heterocycles. The first kappa shape index (κ1) is 14.4. The maximum absolute atomic E-state index is 11.0. The number of nitrogens with two attached hydrogens (primary N) is 1. The van der Waals surface area contributed by atoms with E-state index in [4.69, 9.17) is 17.3 Å². The number of hydrogen-bond donors (Lipinski definition) is 1. The Morgan fingerprint density at radius 1 is 1.50 bits per heavy atom. The van der Waals surface area contributed by atoms with Crippen LogP contribution in [0.2, 0.25) is 5.02 Å². The highest BCUT2D eigenvalue weighted by atomic mass is 35.5. The van der Waals surface area contributed by atoms with Gasteiger partial charge in [0.25, 0.3) is 5.69 Å². The van der Waals surface area contributed by atoms with E-state index in [0.717, 1.165) is 0 Å². The molecule has 0 aliphatic heterocycles. The van der Waals surface area contributed by atoms with E-state index in [2.05, 4.69) is 10.3 Å². The van der Waals surface area contributed by atoms with E-state index in [0.29, 0.717) is 16.3 Å². The van der Waals surface area contributed by atoms with Gasteiger partial charge in [0.15, 0.2) is 0 Å². The summed E-state index contributed by atoms with van der Waals surface area (Å²) in [4.78, 5) is 10.5. The molecule has 1 heterocycles. The fourth-order valence-electron chi connectivity index (χ4n) is 1.70. The molecule has 2 N–H and O–H groups in total. The lowest BCUT2D eigenvalue weighted by Crippen LogP contribution is -2.29. The van der Waals surface area contributed by atoms with Crippen LogP contribution in [-0.4, -0.2) is 19.9 Å². The number of hydrogen-bond acceptors (Lipinski definition) is 5. The van der Waals surface area contributed by atoms with Crippen LogP contribution >= 0.6 is 11.6 Å². The second kappa shape index (κ2) is 5.18. The first-order valence-corrected chi connectivity index (χ1v) is 6.27. The van der Waals surface area contributed by atoms with Crippen LogP contribution in [-0.2, 0) is 12.1 Å². The van der Waals surface area contributed by atoms with Gasteiger partial charge in [-0.2, -0.15) is 0 Å². The number of aromatic nitrogens is 3. The Morgan fingerprint density at radius 2 is 2.20 bits per heavy atom. The summed E-state index contributed by atoms with van der Waals surface area (Å²) in [6, 6.07) is 4.41. The third-order valence-corrected chi connectivity index (χ3v) is 3.00. The predicted octanol–water partition coefficient (Wildman–Crippen LogP) is 2.08. The zero-order chi connectivity index (χ0) is 14.9. The van der Waals surface area contributed by atoms with E-state index in [-0.39, 0.29) is 12.2 Å². The summed E-state index contributed by atoms with van der Waals surface area (Å²) in [5, 5.41) is 19.3. The normalized spacial score (nSPS) is 11.6. The molecule has 0 unspecified atom stereocenters. The van der Waals surface area contributed by atoms with E-state index < -0.39 is 10.5 Å². The summed E-state index contributed by atoms with van der Waals surface area (Å²) in [6.07, 6.45) is 1.67. The van der Waals surface area contributed by atoms with Crippen LogP contribution in [0.1, 0.15) is 25.1 Å². The zero-order valence-electron chi connectivity index (χ0n) is 11.1. The SMILES string of the molecule is CC(C)(N)c1cn(Cc2cc(Cl)ccc2[N+](=O)[O-])nn1. The summed E-state index contributed by atoms with van der Waals surface area (Å²) in [5.74, 6) is 0. The number of rotatable bonds is 4. The average molecular weight is 296 g/mol. The minimum atomic E-state index is -0.613. The lowest BCUT2D eigenvalue weighted by molar-refractivity contribution is -0.385. The maximum atomic E-state index is 11.0. The zero-order valence-corrected chi connectivity index (χ0v) is 11.8. The molecule has 0 radical (unpaired) electrons. The molecule has 0 aliphatic carbocycles. The van der Waals surface area contributed by atoms with Gasteiger partial charge >= 0.3 is 0 Å². The van der Waals surface area contributed by atoms with E-state index in [1.165, 1.54) is 16.8 Å². The predicted molar refractivity (Wildman–Crippen MR) is 74.4 cm³/mol. The highest BCUT2D eigenvalue weighted by Gasteiger charge is 2.20. The Hall–Kier alpha value is -1.99. The summed E-state index contributed by atoms with van der Waals surface area (Å²) in [7, 11) is 0. The molecular weight excluding hydrogens is 282 g/mol. The molecule has 8 heteroatoms. The van der Waals surface area contributed by atoms with Crippen molar-refractivity contribution in [3.8, 4) is 0 Å². The number of nitro groups is 1. The summed E-state index contributed by atoms with van der Waals surface area (Å²) < 4.78 is 1.50. The smallest absolute Gasteiger partial charge is 0.274 e. The Labute approximate surface area is 120 Å². The van der Waals surface area contributed by atoms with Crippen molar-refractivity contribution in [3.63, 3.8) is 0 Å². The number of benzene rings is 1. The van der Waals surface area contributed by atoms with Crippen molar-refractivity contribution in [2.75, 3.05) is 0 Å². The van der Waals surface area contributed by atoms with Crippen LogP contribution in [0.3, 0.4) is 0 Å². The van der Waals surface area contributed by atoms with Gasteiger partial charge in [-0.3, -0.25) is 10.1 Å². The van der Waals surface area contributed by atoms with Crippen molar-refractivity contribution >= 4 is 17.3 Å². The molecule has 20 heavy (non-hydrogen) atoms. The number of halogens is 1. The van der Waals surface area contributed by atoms with E-state index in [1.807, 2.05) is 13.8 Å². The van der Waals surface area contributed by atoms with E-state index in [1.54, 1.807) is 12.3 Å². The lowest BCUT2D eigenvalue weighted by atomic mass is 10.0. The molecule has 0 fully saturated rings. The second-order valence-corrected chi connectivity index (χ2v) is 5.49. The van der Waals surface area contributed by atoms with E-state index >= 15 is 0 Å². The van der Waals surface area contributed by atoms with Crippen LogP contribution in [0, 0.1) is 10.1 Å². The topological polar surface area (TPSA) is 99.9 Å². The molecule has 1 aromatic carbocycles. The maximum Gasteiger partial charge on any atom is 0.274 e. The van der Waals surface area contributed by atoms with Crippen molar-refractivity contribution in [3.05, 3.63) is 50.8 Å². The Morgan fingerprint density at radius 3 is 2.75 bits per heavy atom. The summed E-state index contributed by atoms with van der Waals surface area (Å²) in [5.41, 5.74) is 6.39. The lowest BCUT2D eigenvalue weighted by Gasteiger charge is -2.13. The molecule has 0 atom stereocenters. The fraction of sp³-hybridized carbons (Fsp3) is 0.333. The standard InChI is InChI=1S/C12H14ClN5O2/c1-12(2,14)11-7-17(16-15-11)6-8-5-9(13)3-4-10(8)18(19)20/h3-5,7H,6,14H2,1-2H3. The molecule has 0 amide bonds. The van der Waals surface area contributed by atoms with Crippen molar-refractivity contribution < 1.29 is 4.92 Å². The van der Waals surface area contributed by atoms with Crippen LogP contribution in [0.25, 0.3) is 0 Å². The first-order chi connectivity index (χ1) is 9.27. The van der Waals surface area contributed by atoms with Gasteiger partial charge in [-0.05, 0) is 26.0 Å². The molecule has 2 aromatic rings. The van der Waals surface area contributed by atoms with Crippen molar-refractivity contribution in [1.82, 2.24) is 15.0 Å². The minimum absolute atomic E-state index is 0.00143. The third kappa shape index (κ3) is 3.12. The van der Waals surface area contributed by atoms with Gasteiger partial charge in [-0.1, -0.05) is 16.8 Å². The molecule has 0 bridgehead atoms. The van der Waals surface area contributed by atoms with Crippen molar-refractivity contribution in [2.24, 2.45) is 5.73 Å². The molecule has 0 saturated carbocycles. The monoisotopic (exact) mass is 295 g/mol. The van der Waals surface area contributed by atoms with Gasteiger partial charge in [0.05, 0.1) is 28.8 Å². The highest BCUT2D eigenvalue weighted by Crippen LogP contribution is 2.23. The molecule has 1 aromatic heterocycles. The molecule has 0 aliphatic rings. The number of nitro benzene ring substituents is 1. The second-order valence-electron chi connectivity index (χ2n) is 5.05.